The van der Waals surface area contributed by atoms with Gasteiger partial charge in [0.15, 0.2) is 0 Å². The second-order valence-corrected chi connectivity index (χ2v) is 6.94. The topological polar surface area (TPSA) is 47.6 Å². The van der Waals surface area contributed by atoms with E-state index >= 15 is 0 Å². The summed E-state index contributed by atoms with van der Waals surface area (Å²) in [6, 6.07) is 9.66. The lowest BCUT2D eigenvalue weighted by Gasteiger charge is -2.34. The molecule has 2 aromatic rings. The monoisotopic (exact) mass is 392 g/mol. The number of likely N-dealkylation sites (N-methyl/N-ethyl adjacent to an activating group) is 1. The van der Waals surface area contributed by atoms with Crippen LogP contribution in [0.3, 0.4) is 0 Å². The highest BCUT2D eigenvalue weighted by molar-refractivity contribution is 6.00. The number of rotatable bonds is 3. The number of anilines is 3. The fourth-order valence-electron chi connectivity index (χ4n) is 3.08. The Bertz CT molecular complexity index is 828. The van der Waals surface area contributed by atoms with Gasteiger partial charge in [0.2, 0.25) is 0 Å². The summed E-state index contributed by atoms with van der Waals surface area (Å²) >= 11 is 0. The van der Waals surface area contributed by atoms with Gasteiger partial charge in [-0.2, -0.15) is 13.2 Å². The molecule has 8 heteroatoms. The Labute approximate surface area is 162 Å². The first-order valence-corrected chi connectivity index (χ1v) is 9.02. The Balaban J connectivity index is 1.61. The van der Waals surface area contributed by atoms with Gasteiger partial charge in [-0.1, -0.05) is 0 Å². The molecule has 1 saturated heterocycles. The zero-order valence-corrected chi connectivity index (χ0v) is 15.8. The van der Waals surface area contributed by atoms with Gasteiger partial charge >= 0.3 is 12.2 Å². The molecule has 1 heterocycles. The van der Waals surface area contributed by atoms with E-state index in [2.05, 4.69) is 27.5 Å². The predicted molar refractivity (Wildman–Crippen MR) is 105 cm³/mol. The summed E-state index contributed by atoms with van der Waals surface area (Å²) in [6.45, 7) is 5.84. The smallest absolute Gasteiger partial charge is 0.369 e. The second-order valence-electron chi connectivity index (χ2n) is 6.94. The molecular weight excluding hydrogens is 369 g/mol. The Hall–Kier alpha value is -2.74. The second kappa shape index (κ2) is 8.10. The van der Waals surface area contributed by atoms with E-state index in [9.17, 15) is 18.0 Å². The first-order chi connectivity index (χ1) is 13.2. The molecule has 1 aliphatic rings. The fraction of sp³-hybridized carbons (Fsp3) is 0.350. The molecule has 0 saturated carbocycles. The molecule has 0 unspecified atom stereocenters. The quantitative estimate of drug-likeness (QED) is 0.814. The van der Waals surface area contributed by atoms with Crippen LogP contribution in [0, 0.1) is 6.92 Å². The number of urea groups is 1. The number of benzene rings is 2. The predicted octanol–water partition coefficient (Wildman–Crippen LogP) is 4.41. The average Bonchev–Trinajstić information content (AvgIpc) is 2.64. The number of amides is 2. The molecule has 2 aromatic carbocycles. The van der Waals surface area contributed by atoms with Crippen LogP contribution in [0.25, 0.3) is 0 Å². The third-order valence-corrected chi connectivity index (χ3v) is 4.80. The van der Waals surface area contributed by atoms with Crippen LogP contribution >= 0.6 is 0 Å². The Morgan fingerprint density at radius 1 is 0.964 bits per heavy atom. The van der Waals surface area contributed by atoms with Crippen molar-refractivity contribution in [3.63, 3.8) is 0 Å². The molecule has 0 aliphatic carbocycles. The Morgan fingerprint density at radius 2 is 1.61 bits per heavy atom. The minimum atomic E-state index is -4.40. The van der Waals surface area contributed by atoms with Crippen molar-refractivity contribution < 1.29 is 18.0 Å². The van der Waals surface area contributed by atoms with Gasteiger partial charge in [-0.05, 0) is 62.0 Å². The number of hydrogen-bond acceptors (Lipinski definition) is 3. The standard InChI is InChI=1S/C20H23F3N4O/c1-14-13-17(27-11-9-26(2)10-12-27)7-8-18(14)25-19(28)24-16-5-3-15(4-6-16)20(21,22)23/h3-8,13H,9-12H2,1-2H3,(H2,24,25,28). The van der Waals surface area contributed by atoms with E-state index in [1.165, 1.54) is 12.1 Å². The van der Waals surface area contributed by atoms with E-state index in [1.807, 2.05) is 25.1 Å². The molecule has 28 heavy (non-hydrogen) atoms. The van der Waals surface area contributed by atoms with Gasteiger partial charge in [-0.25, -0.2) is 4.79 Å². The van der Waals surface area contributed by atoms with Crippen molar-refractivity contribution in [2.24, 2.45) is 0 Å². The molecule has 150 valence electrons. The molecule has 1 aliphatic heterocycles. The molecule has 0 aromatic heterocycles. The van der Waals surface area contributed by atoms with Crippen LogP contribution in [0.1, 0.15) is 11.1 Å². The molecule has 0 radical (unpaired) electrons. The van der Waals surface area contributed by atoms with Crippen LogP contribution in [-0.4, -0.2) is 44.2 Å². The first kappa shape index (κ1) is 20.0. The number of halogens is 3. The number of nitrogens with one attached hydrogen (secondary N) is 2. The number of piperazine rings is 1. The molecule has 0 spiro atoms. The maximum absolute atomic E-state index is 12.6. The summed E-state index contributed by atoms with van der Waals surface area (Å²) in [7, 11) is 2.10. The zero-order chi connectivity index (χ0) is 20.3. The largest absolute Gasteiger partial charge is 0.416 e. The lowest BCUT2D eigenvalue weighted by Crippen LogP contribution is -2.44. The van der Waals surface area contributed by atoms with Crippen LogP contribution in [0.4, 0.5) is 35.0 Å². The van der Waals surface area contributed by atoms with Crippen molar-refractivity contribution in [1.82, 2.24) is 4.90 Å². The number of alkyl halides is 3. The molecular formula is C20H23F3N4O. The molecule has 1 fully saturated rings. The SMILES string of the molecule is Cc1cc(N2CCN(C)CC2)ccc1NC(=O)Nc1ccc(C(F)(F)F)cc1. The van der Waals surface area contributed by atoms with E-state index in [-0.39, 0.29) is 5.69 Å². The number of carbonyl (C=O) groups excluding carboxylic acids is 1. The summed E-state index contributed by atoms with van der Waals surface area (Å²) in [5, 5.41) is 5.29. The van der Waals surface area contributed by atoms with Crippen molar-refractivity contribution in [1.29, 1.82) is 0 Å². The number of hydrogen-bond donors (Lipinski definition) is 2. The maximum Gasteiger partial charge on any atom is 0.416 e. The lowest BCUT2D eigenvalue weighted by molar-refractivity contribution is -0.137. The van der Waals surface area contributed by atoms with Crippen molar-refractivity contribution in [3.05, 3.63) is 53.6 Å². The highest BCUT2D eigenvalue weighted by Crippen LogP contribution is 2.30. The first-order valence-electron chi connectivity index (χ1n) is 9.02. The van der Waals surface area contributed by atoms with Crippen molar-refractivity contribution in [3.8, 4) is 0 Å². The highest BCUT2D eigenvalue weighted by Gasteiger charge is 2.30. The molecule has 2 amide bonds. The normalized spacial score (nSPS) is 15.4. The molecule has 3 rings (SSSR count). The summed E-state index contributed by atoms with van der Waals surface area (Å²) in [6.07, 6.45) is -4.40. The van der Waals surface area contributed by atoms with Gasteiger partial charge in [0, 0.05) is 43.2 Å². The summed E-state index contributed by atoms with van der Waals surface area (Å²) in [4.78, 5) is 16.8. The number of aryl methyl sites for hydroxylation is 1. The van der Waals surface area contributed by atoms with Gasteiger partial charge < -0.3 is 20.4 Å². The summed E-state index contributed by atoms with van der Waals surface area (Å²) < 4.78 is 37.8. The third kappa shape index (κ3) is 4.95. The van der Waals surface area contributed by atoms with Gasteiger partial charge in [0.05, 0.1) is 5.56 Å². The Morgan fingerprint density at radius 3 is 2.18 bits per heavy atom. The molecule has 5 nitrogen and oxygen atoms in total. The highest BCUT2D eigenvalue weighted by atomic mass is 19.4. The molecule has 0 atom stereocenters. The lowest BCUT2D eigenvalue weighted by atomic mass is 10.1. The molecule has 2 N–H and O–H groups in total. The van der Waals surface area contributed by atoms with Crippen LogP contribution in [-0.2, 0) is 6.18 Å². The zero-order valence-electron chi connectivity index (χ0n) is 15.8. The number of carbonyl (C=O) groups is 1. The van der Waals surface area contributed by atoms with E-state index in [4.69, 9.17) is 0 Å². The third-order valence-electron chi connectivity index (χ3n) is 4.80. The Kier molecular flexibility index (Phi) is 5.79. The van der Waals surface area contributed by atoms with Crippen LogP contribution < -0.4 is 15.5 Å². The van der Waals surface area contributed by atoms with Crippen LogP contribution in [0.5, 0.6) is 0 Å². The van der Waals surface area contributed by atoms with Gasteiger partial charge in [0.25, 0.3) is 0 Å². The number of nitrogens with zero attached hydrogens (tertiary/aromatic N) is 2. The van der Waals surface area contributed by atoms with Gasteiger partial charge in [-0.3, -0.25) is 0 Å². The molecule has 0 bridgehead atoms. The maximum atomic E-state index is 12.6. The van der Waals surface area contributed by atoms with E-state index in [0.717, 1.165) is 49.6 Å². The van der Waals surface area contributed by atoms with E-state index < -0.39 is 17.8 Å². The van der Waals surface area contributed by atoms with Crippen LogP contribution in [0.15, 0.2) is 42.5 Å². The van der Waals surface area contributed by atoms with Crippen LogP contribution in [0.2, 0.25) is 0 Å². The van der Waals surface area contributed by atoms with Crippen molar-refractivity contribution in [2.45, 2.75) is 13.1 Å². The van der Waals surface area contributed by atoms with E-state index in [0.29, 0.717) is 5.69 Å². The van der Waals surface area contributed by atoms with Gasteiger partial charge in [-0.15, -0.1) is 0 Å². The average molecular weight is 392 g/mol. The van der Waals surface area contributed by atoms with Crippen molar-refractivity contribution in [2.75, 3.05) is 48.8 Å². The minimum Gasteiger partial charge on any atom is -0.369 e. The van der Waals surface area contributed by atoms with Gasteiger partial charge in [0.1, 0.15) is 0 Å². The minimum absolute atomic E-state index is 0.289. The van der Waals surface area contributed by atoms with E-state index in [1.54, 1.807) is 0 Å². The summed E-state index contributed by atoms with van der Waals surface area (Å²) in [5.74, 6) is 0. The summed E-state index contributed by atoms with van der Waals surface area (Å²) in [5.41, 5.74) is 2.21. The van der Waals surface area contributed by atoms with Crippen molar-refractivity contribution >= 4 is 23.1 Å². The fourth-order valence-corrected chi connectivity index (χ4v) is 3.08.